The van der Waals surface area contributed by atoms with Crippen molar-refractivity contribution in [3.05, 3.63) is 39.6 Å². The fraction of sp³-hybridized carbons (Fsp3) is 0.308. The summed E-state index contributed by atoms with van der Waals surface area (Å²) in [5.41, 5.74) is 2.85. The van der Waals surface area contributed by atoms with Crippen molar-refractivity contribution in [2.45, 2.75) is 25.7 Å². The van der Waals surface area contributed by atoms with Crippen molar-refractivity contribution >= 4 is 34.0 Å². The van der Waals surface area contributed by atoms with Gasteiger partial charge in [0.05, 0.1) is 0 Å². The van der Waals surface area contributed by atoms with E-state index in [4.69, 9.17) is 23.2 Å². The molecular weight excluding hydrogens is 241 g/mol. The fourth-order valence-corrected chi connectivity index (χ4v) is 3.00. The SMILES string of the molecule is Clc1cc2c3c(ccc2c(Cl)n1)CCCC3. The van der Waals surface area contributed by atoms with Crippen LogP contribution in [0, 0.1) is 0 Å². The number of hydrogen-bond donors (Lipinski definition) is 0. The van der Waals surface area contributed by atoms with E-state index in [0.717, 1.165) is 11.8 Å². The molecule has 2 aromatic rings. The number of rotatable bonds is 0. The topological polar surface area (TPSA) is 12.9 Å². The Morgan fingerprint density at radius 2 is 1.81 bits per heavy atom. The monoisotopic (exact) mass is 251 g/mol. The molecule has 16 heavy (non-hydrogen) atoms. The first-order valence-corrected chi connectivity index (χ1v) is 6.28. The van der Waals surface area contributed by atoms with Crippen molar-refractivity contribution in [2.24, 2.45) is 0 Å². The number of benzene rings is 1. The molecule has 1 aliphatic rings. The Morgan fingerprint density at radius 1 is 1.00 bits per heavy atom. The number of nitrogens with zero attached hydrogens (tertiary/aromatic N) is 1. The average molecular weight is 252 g/mol. The summed E-state index contributed by atoms with van der Waals surface area (Å²) < 4.78 is 0. The molecule has 0 saturated heterocycles. The predicted octanol–water partition coefficient (Wildman–Crippen LogP) is 4.42. The van der Waals surface area contributed by atoms with Gasteiger partial charge in [-0.05, 0) is 48.3 Å². The third kappa shape index (κ3) is 1.59. The molecule has 0 saturated carbocycles. The molecule has 1 aromatic heterocycles. The second-order valence-corrected chi connectivity index (χ2v) is 4.99. The highest BCUT2D eigenvalue weighted by molar-refractivity contribution is 6.36. The van der Waals surface area contributed by atoms with Gasteiger partial charge in [-0.2, -0.15) is 0 Å². The number of fused-ring (bicyclic) bond motifs is 3. The van der Waals surface area contributed by atoms with Gasteiger partial charge in [-0.15, -0.1) is 0 Å². The van der Waals surface area contributed by atoms with Crippen LogP contribution in [0.4, 0.5) is 0 Å². The molecule has 0 radical (unpaired) electrons. The molecule has 0 N–H and O–H groups in total. The second kappa shape index (κ2) is 3.90. The van der Waals surface area contributed by atoms with Crippen LogP contribution in [0.2, 0.25) is 10.3 Å². The molecule has 0 spiro atoms. The van der Waals surface area contributed by atoms with E-state index in [1.54, 1.807) is 0 Å². The Labute approximate surface area is 104 Å². The van der Waals surface area contributed by atoms with E-state index < -0.39 is 0 Å². The van der Waals surface area contributed by atoms with Crippen LogP contribution in [-0.2, 0) is 12.8 Å². The quantitative estimate of drug-likeness (QED) is 0.632. The Balaban J connectivity index is 2.38. The second-order valence-electron chi connectivity index (χ2n) is 4.24. The van der Waals surface area contributed by atoms with Crippen molar-refractivity contribution in [3.63, 3.8) is 0 Å². The van der Waals surface area contributed by atoms with Gasteiger partial charge in [0.25, 0.3) is 0 Å². The van der Waals surface area contributed by atoms with Crippen LogP contribution in [-0.4, -0.2) is 4.98 Å². The molecular formula is C13H11Cl2N. The minimum absolute atomic E-state index is 0.483. The summed E-state index contributed by atoms with van der Waals surface area (Å²) in [7, 11) is 0. The van der Waals surface area contributed by atoms with Crippen molar-refractivity contribution in [2.75, 3.05) is 0 Å². The molecule has 82 valence electrons. The lowest BCUT2D eigenvalue weighted by Crippen LogP contribution is -2.03. The van der Waals surface area contributed by atoms with Gasteiger partial charge < -0.3 is 0 Å². The average Bonchev–Trinajstić information content (AvgIpc) is 2.28. The van der Waals surface area contributed by atoms with E-state index in [-0.39, 0.29) is 0 Å². The molecule has 0 unspecified atom stereocenters. The Hall–Kier alpha value is -0.790. The van der Waals surface area contributed by atoms with E-state index in [1.165, 1.54) is 35.8 Å². The number of pyridine rings is 1. The standard InChI is InChI=1S/C13H11Cl2N/c14-12-7-11-9-4-2-1-3-8(9)5-6-10(11)13(15)16-12/h5-7H,1-4H2. The smallest absolute Gasteiger partial charge is 0.138 e. The number of hydrogen-bond acceptors (Lipinski definition) is 1. The molecule has 1 heterocycles. The molecule has 3 heteroatoms. The molecule has 0 fully saturated rings. The number of aryl methyl sites for hydroxylation is 2. The van der Waals surface area contributed by atoms with Crippen LogP contribution in [0.1, 0.15) is 24.0 Å². The van der Waals surface area contributed by atoms with E-state index in [0.29, 0.717) is 10.3 Å². The van der Waals surface area contributed by atoms with Crippen LogP contribution >= 0.6 is 23.2 Å². The Bertz CT molecular complexity index is 563. The normalized spacial score (nSPS) is 15.1. The molecule has 1 aromatic carbocycles. The highest BCUT2D eigenvalue weighted by atomic mass is 35.5. The molecule has 1 aliphatic carbocycles. The molecule has 1 nitrogen and oxygen atoms in total. The minimum atomic E-state index is 0.483. The zero-order valence-electron chi connectivity index (χ0n) is 8.76. The van der Waals surface area contributed by atoms with Crippen molar-refractivity contribution in [3.8, 4) is 0 Å². The molecule has 3 rings (SSSR count). The minimum Gasteiger partial charge on any atom is -0.224 e. The first-order valence-electron chi connectivity index (χ1n) is 5.52. The van der Waals surface area contributed by atoms with Crippen molar-refractivity contribution < 1.29 is 0 Å². The van der Waals surface area contributed by atoms with Gasteiger partial charge in [0.15, 0.2) is 0 Å². The Morgan fingerprint density at radius 3 is 2.69 bits per heavy atom. The third-order valence-electron chi connectivity index (χ3n) is 3.27. The van der Waals surface area contributed by atoms with Gasteiger partial charge in [0, 0.05) is 5.39 Å². The summed E-state index contributed by atoms with van der Waals surface area (Å²) in [5.74, 6) is 0. The predicted molar refractivity (Wildman–Crippen MR) is 68.4 cm³/mol. The number of aromatic nitrogens is 1. The lowest BCUT2D eigenvalue weighted by atomic mass is 9.88. The first kappa shape index (κ1) is 10.4. The maximum absolute atomic E-state index is 6.11. The van der Waals surface area contributed by atoms with Crippen LogP contribution in [0.25, 0.3) is 10.8 Å². The fourth-order valence-electron chi connectivity index (χ4n) is 2.51. The summed E-state index contributed by atoms with van der Waals surface area (Å²) in [6.07, 6.45) is 4.83. The van der Waals surface area contributed by atoms with Crippen LogP contribution < -0.4 is 0 Å². The zero-order chi connectivity index (χ0) is 11.1. The number of halogens is 2. The highest BCUT2D eigenvalue weighted by Gasteiger charge is 2.14. The van der Waals surface area contributed by atoms with Gasteiger partial charge >= 0.3 is 0 Å². The van der Waals surface area contributed by atoms with Gasteiger partial charge in [-0.3, -0.25) is 0 Å². The van der Waals surface area contributed by atoms with E-state index in [9.17, 15) is 0 Å². The summed E-state index contributed by atoms with van der Waals surface area (Å²) in [6, 6.07) is 6.18. The maximum Gasteiger partial charge on any atom is 0.138 e. The summed E-state index contributed by atoms with van der Waals surface area (Å²) in [6.45, 7) is 0. The molecule has 0 atom stereocenters. The lowest BCUT2D eigenvalue weighted by Gasteiger charge is -2.18. The molecule has 0 bridgehead atoms. The van der Waals surface area contributed by atoms with E-state index in [2.05, 4.69) is 17.1 Å². The van der Waals surface area contributed by atoms with Crippen molar-refractivity contribution in [1.29, 1.82) is 0 Å². The maximum atomic E-state index is 6.11. The highest BCUT2D eigenvalue weighted by Crippen LogP contribution is 2.33. The van der Waals surface area contributed by atoms with Gasteiger partial charge in [0.1, 0.15) is 10.3 Å². The van der Waals surface area contributed by atoms with Crippen LogP contribution in [0.15, 0.2) is 18.2 Å². The molecule has 0 amide bonds. The summed E-state index contributed by atoms with van der Waals surface area (Å²) in [4.78, 5) is 4.08. The van der Waals surface area contributed by atoms with Crippen LogP contribution in [0.3, 0.4) is 0 Å². The summed E-state index contributed by atoms with van der Waals surface area (Å²) >= 11 is 12.1. The van der Waals surface area contributed by atoms with Crippen molar-refractivity contribution in [1.82, 2.24) is 4.98 Å². The van der Waals surface area contributed by atoms with Gasteiger partial charge in [-0.1, -0.05) is 35.3 Å². The lowest BCUT2D eigenvalue weighted by molar-refractivity contribution is 0.690. The van der Waals surface area contributed by atoms with Gasteiger partial charge in [0.2, 0.25) is 0 Å². The van der Waals surface area contributed by atoms with Gasteiger partial charge in [-0.25, -0.2) is 4.98 Å². The van der Waals surface area contributed by atoms with E-state index in [1.807, 2.05) is 6.07 Å². The first-order chi connectivity index (χ1) is 7.75. The van der Waals surface area contributed by atoms with E-state index >= 15 is 0 Å². The Kier molecular flexibility index (Phi) is 2.53. The molecule has 0 aliphatic heterocycles. The van der Waals surface area contributed by atoms with Crippen LogP contribution in [0.5, 0.6) is 0 Å². The summed E-state index contributed by atoms with van der Waals surface area (Å²) in [5, 5.41) is 3.20. The third-order valence-corrected chi connectivity index (χ3v) is 3.75. The zero-order valence-corrected chi connectivity index (χ0v) is 10.3. The largest absolute Gasteiger partial charge is 0.224 e.